The van der Waals surface area contributed by atoms with Crippen molar-refractivity contribution < 1.29 is 10.2 Å². The second kappa shape index (κ2) is 4.86. The number of hydrogen-bond acceptors (Lipinski definition) is 2. The smallest absolute Gasteiger partial charge is 0.205 e. The van der Waals surface area contributed by atoms with E-state index in [1.165, 1.54) is 17.2 Å². The molecule has 1 aromatic carbocycles. The van der Waals surface area contributed by atoms with Crippen LogP contribution in [0.15, 0.2) is 48.1 Å². The van der Waals surface area contributed by atoms with Crippen LogP contribution in [0.1, 0.15) is 31.4 Å². The van der Waals surface area contributed by atoms with E-state index >= 15 is 0 Å². The molecule has 1 aliphatic carbocycles. The molecule has 1 aliphatic rings. The Balaban J connectivity index is 0.00000144. The SMILES string of the molecule is C.CC1=CC(c2cccc(C)c2)C=CC1(O)O. The van der Waals surface area contributed by atoms with Crippen molar-refractivity contribution >= 4 is 0 Å². The Kier molecular flexibility index (Phi) is 3.91. The molecule has 2 N–H and O–H groups in total. The lowest BCUT2D eigenvalue weighted by atomic mass is 9.88. The fraction of sp³-hybridized carbons (Fsp3) is 0.333. The molecule has 0 amide bonds. The molecular weight excluding hydrogens is 212 g/mol. The van der Waals surface area contributed by atoms with Gasteiger partial charge in [-0.2, -0.15) is 0 Å². The van der Waals surface area contributed by atoms with Crippen LogP contribution in [0.4, 0.5) is 0 Å². The van der Waals surface area contributed by atoms with Crippen molar-refractivity contribution in [1.29, 1.82) is 0 Å². The quantitative estimate of drug-likeness (QED) is 0.577. The molecule has 0 aromatic heterocycles. The van der Waals surface area contributed by atoms with E-state index in [9.17, 15) is 10.2 Å². The summed E-state index contributed by atoms with van der Waals surface area (Å²) < 4.78 is 0. The molecule has 2 nitrogen and oxygen atoms in total. The first-order valence-corrected chi connectivity index (χ1v) is 5.38. The predicted molar refractivity (Wildman–Crippen MR) is 70.7 cm³/mol. The van der Waals surface area contributed by atoms with E-state index in [1.54, 1.807) is 6.92 Å². The van der Waals surface area contributed by atoms with Gasteiger partial charge in [0, 0.05) is 5.92 Å². The number of allylic oxidation sites excluding steroid dienone is 2. The van der Waals surface area contributed by atoms with E-state index in [-0.39, 0.29) is 13.3 Å². The van der Waals surface area contributed by atoms with Gasteiger partial charge in [-0.1, -0.05) is 49.4 Å². The summed E-state index contributed by atoms with van der Waals surface area (Å²) in [6.07, 6.45) is 5.14. The highest BCUT2D eigenvalue weighted by Crippen LogP contribution is 2.30. The molecule has 2 heteroatoms. The molecule has 0 spiro atoms. The van der Waals surface area contributed by atoms with Gasteiger partial charge in [-0.3, -0.25) is 0 Å². The topological polar surface area (TPSA) is 40.5 Å². The molecule has 0 fully saturated rings. The van der Waals surface area contributed by atoms with E-state index in [0.717, 1.165) is 0 Å². The number of aryl methyl sites for hydroxylation is 1. The molecular formula is C15H20O2. The average molecular weight is 232 g/mol. The van der Waals surface area contributed by atoms with Crippen LogP contribution in [0.2, 0.25) is 0 Å². The van der Waals surface area contributed by atoms with E-state index in [4.69, 9.17) is 0 Å². The molecule has 1 aromatic rings. The maximum atomic E-state index is 9.56. The minimum absolute atomic E-state index is 0. The van der Waals surface area contributed by atoms with Crippen molar-refractivity contribution in [3.05, 3.63) is 59.2 Å². The van der Waals surface area contributed by atoms with Gasteiger partial charge in [-0.05, 0) is 31.1 Å². The van der Waals surface area contributed by atoms with Gasteiger partial charge >= 0.3 is 0 Å². The maximum absolute atomic E-state index is 9.56. The van der Waals surface area contributed by atoms with Crippen LogP contribution in [0, 0.1) is 6.92 Å². The Morgan fingerprint density at radius 2 is 1.88 bits per heavy atom. The van der Waals surface area contributed by atoms with Crippen LogP contribution in [-0.4, -0.2) is 16.0 Å². The van der Waals surface area contributed by atoms with E-state index in [2.05, 4.69) is 19.1 Å². The van der Waals surface area contributed by atoms with Crippen LogP contribution in [0.5, 0.6) is 0 Å². The van der Waals surface area contributed by atoms with Gasteiger partial charge in [0.25, 0.3) is 0 Å². The number of rotatable bonds is 1. The van der Waals surface area contributed by atoms with Gasteiger partial charge in [0.05, 0.1) is 0 Å². The average Bonchev–Trinajstić information content (AvgIpc) is 2.22. The molecule has 1 atom stereocenters. The summed E-state index contributed by atoms with van der Waals surface area (Å²) in [6.45, 7) is 3.78. The normalized spacial score (nSPS) is 21.6. The highest BCUT2D eigenvalue weighted by Gasteiger charge is 2.26. The Bertz CT molecular complexity index is 456. The molecule has 1 unspecified atom stereocenters. The molecule has 2 rings (SSSR count). The summed E-state index contributed by atoms with van der Waals surface area (Å²) >= 11 is 0. The minimum Gasteiger partial charge on any atom is -0.359 e. The van der Waals surface area contributed by atoms with E-state index in [1.807, 2.05) is 24.3 Å². The van der Waals surface area contributed by atoms with Crippen molar-refractivity contribution in [3.63, 3.8) is 0 Å². The molecule has 0 aliphatic heterocycles. The Morgan fingerprint density at radius 1 is 1.18 bits per heavy atom. The van der Waals surface area contributed by atoms with Crippen molar-refractivity contribution in [2.45, 2.75) is 33.0 Å². The second-order valence-corrected chi connectivity index (χ2v) is 4.37. The Morgan fingerprint density at radius 3 is 2.47 bits per heavy atom. The molecule has 0 saturated heterocycles. The third-order valence-electron chi connectivity index (χ3n) is 2.97. The standard InChI is InChI=1S/C14H16O2.CH4/c1-10-4-3-5-12(8-10)13-6-7-14(15,16)11(2)9-13;/h3-9,13,15-16H,1-2H3;1H4. The lowest BCUT2D eigenvalue weighted by Crippen LogP contribution is -2.29. The number of hydrogen-bond donors (Lipinski definition) is 2. The summed E-state index contributed by atoms with van der Waals surface area (Å²) in [7, 11) is 0. The Labute approximate surface area is 103 Å². The predicted octanol–water partition coefficient (Wildman–Crippen LogP) is 2.91. The first kappa shape index (κ1) is 13.7. The Hall–Kier alpha value is -1.38. The van der Waals surface area contributed by atoms with Crippen molar-refractivity contribution in [2.24, 2.45) is 0 Å². The molecule has 17 heavy (non-hydrogen) atoms. The molecule has 92 valence electrons. The third-order valence-corrected chi connectivity index (χ3v) is 2.97. The first-order chi connectivity index (χ1) is 7.49. The van der Waals surface area contributed by atoms with Crippen LogP contribution < -0.4 is 0 Å². The van der Waals surface area contributed by atoms with Crippen molar-refractivity contribution in [1.82, 2.24) is 0 Å². The summed E-state index contributed by atoms with van der Waals surface area (Å²) in [4.78, 5) is 0. The van der Waals surface area contributed by atoms with Gasteiger partial charge in [-0.25, -0.2) is 0 Å². The third kappa shape index (κ3) is 2.84. The minimum atomic E-state index is -1.78. The van der Waals surface area contributed by atoms with Gasteiger partial charge in [-0.15, -0.1) is 0 Å². The summed E-state index contributed by atoms with van der Waals surface area (Å²) in [5.41, 5.74) is 2.95. The van der Waals surface area contributed by atoms with E-state index < -0.39 is 5.79 Å². The molecule has 0 heterocycles. The maximum Gasteiger partial charge on any atom is 0.205 e. The van der Waals surface area contributed by atoms with Crippen LogP contribution in [-0.2, 0) is 0 Å². The number of aliphatic hydroxyl groups is 2. The lowest BCUT2D eigenvalue weighted by Gasteiger charge is -2.25. The fourth-order valence-electron chi connectivity index (χ4n) is 1.90. The van der Waals surface area contributed by atoms with Crippen molar-refractivity contribution in [2.75, 3.05) is 0 Å². The van der Waals surface area contributed by atoms with Gasteiger partial charge in [0.1, 0.15) is 0 Å². The zero-order chi connectivity index (χ0) is 11.8. The molecule has 0 bridgehead atoms. The fourth-order valence-corrected chi connectivity index (χ4v) is 1.90. The number of benzene rings is 1. The summed E-state index contributed by atoms with van der Waals surface area (Å²) in [5.74, 6) is -1.65. The molecule has 0 saturated carbocycles. The van der Waals surface area contributed by atoms with Crippen LogP contribution in [0.3, 0.4) is 0 Å². The highest BCUT2D eigenvalue weighted by molar-refractivity contribution is 5.38. The van der Waals surface area contributed by atoms with E-state index in [0.29, 0.717) is 5.57 Å². The molecule has 0 radical (unpaired) electrons. The summed E-state index contributed by atoms with van der Waals surface area (Å²) in [5, 5.41) is 19.1. The van der Waals surface area contributed by atoms with Gasteiger partial charge in [0.2, 0.25) is 5.79 Å². The summed E-state index contributed by atoms with van der Waals surface area (Å²) in [6, 6.07) is 8.23. The van der Waals surface area contributed by atoms with Crippen molar-refractivity contribution in [3.8, 4) is 0 Å². The highest BCUT2D eigenvalue weighted by atomic mass is 16.5. The first-order valence-electron chi connectivity index (χ1n) is 5.38. The second-order valence-electron chi connectivity index (χ2n) is 4.37. The lowest BCUT2D eigenvalue weighted by molar-refractivity contribution is -0.0858. The van der Waals surface area contributed by atoms with Gasteiger partial charge in [0.15, 0.2) is 0 Å². The van der Waals surface area contributed by atoms with Gasteiger partial charge < -0.3 is 10.2 Å². The zero-order valence-electron chi connectivity index (χ0n) is 9.51. The monoisotopic (exact) mass is 232 g/mol. The zero-order valence-corrected chi connectivity index (χ0v) is 9.51. The van der Waals surface area contributed by atoms with Crippen LogP contribution >= 0.6 is 0 Å². The van der Waals surface area contributed by atoms with Crippen LogP contribution in [0.25, 0.3) is 0 Å². The largest absolute Gasteiger partial charge is 0.359 e.